The lowest BCUT2D eigenvalue weighted by Gasteiger charge is -2.56. The van der Waals surface area contributed by atoms with E-state index in [1.165, 1.54) is 38.5 Å². The number of hydrogen-bond acceptors (Lipinski definition) is 1. The van der Waals surface area contributed by atoms with Crippen LogP contribution in [0.15, 0.2) is 0 Å². The van der Waals surface area contributed by atoms with Crippen LogP contribution in [-0.4, -0.2) is 12.1 Å². The Morgan fingerprint density at radius 2 is 2.00 bits per heavy atom. The molecule has 0 heterocycles. The molecule has 3 saturated carbocycles. The van der Waals surface area contributed by atoms with Crippen LogP contribution in [0.2, 0.25) is 0 Å². The van der Waals surface area contributed by atoms with Crippen molar-refractivity contribution in [1.29, 1.82) is 0 Å². The molecule has 0 aliphatic heterocycles. The first-order valence-electron chi connectivity index (χ1n) is 5.56. The van der Waals surface area contributed by atoms with Crippen LogP contribution in [0, 0.1) is 11.3 Å². The third-order valence-electron chi connectivity index (χ3n) is 4.54. The summed E-state index contributed by atoms with van der Waals surface area (Å²) < 4.78 is 0. The lowest BCUT2D eigenvalue weighted by molar-refractivity contribution is -0.0186. The fourth-order valence-corrected chi connectivity index (χ4v) is 3.00. The van der Waals surface area contributed by atoms with Gasteiger partial charge in [-0.25, -0.2) is 0 Å². The highest BCUT2D eigenvalue weighted by Crippen LogP contribution is 2.56. The lowest BCUT2D eigenvalue weighted by Crippen LogP contribution is -2.57. The summed E-state index contributed by atoms with van der Waals surface area (Å²) in [6.07, 6.45) is 8.96. The molecule has 1 heteroatoms. The minimum Gasteiger partial charge on any atom is -0.310 e. The molecule has 0 bridgehead atoms. The predicted molar refractivity (Wildman–Crippen MR) is 50.0 cm³/mol. The summed E-state index contributed by atoms with van der Waals surface area (Å²) in [6, 6.07) is 1.81. The Balaban J connectivity index is 1.56. The molecule has 1 nitrogen and oxygen atoms in total. The largest absolute Gasteiger partial charge is 0.310 e. The maximum absolute atomic E-state index is 3.83. The van der Waals surface area contributed by atoms with Crippen LogP contribution in [0.5, 0.6) is 0 Å². The second kappa shape index (κ2) is 2.25. The molecule has 0 radical (unpaired) electrons. The highest BCUT2D eigenvalue weighted by molar-refractivity contribution is 5.07. The fraction of sp³-hybridized carbons (Fsp3) is 1.00. The first-order chi connectivity index (χ1) is 5.80. The standard InChI is InChI=1S/C11H19N/c1-8-7-9(8)12-10-3-6-11(10)4-2-5-11/h8-10,12H,2-7H2,1H3/t8-,9-,10?/m1/s1. The van der Waals surface area contributed by atoms with Gasteiger partial charge in [0.2, 0.25) is 0 Å². The quantitative estimate of drug-likeness (QED) is 0.662. The van der Waals surface area contributed by atoms with Gasteiger partial charge in [0.05, 0.1) is 0 Å². The van der Waals surface area contributed by atoms with Crippen molar-refractivity contribution in [3.63, 3.8) is 0 Å². The normalized spacial score (nSPS) is 48.2. The molecule has 0 saturated heterocycles. The van der Waals surface area contributed by atoms with Gasteiger partial charge in [0.1, 0.15) is 0 Å². The van der Waals surface area contributed by atoms with E-state index in [0.29, 0.717) is 0 Å². The van der Waals surface area contributed by atoms with E-state index in [9.17, 15) is 0 Å². The maximum Gasteiger partial charge on any atom is 0.0126 e. The molecule has 1 unspecified atom stereocenters. The molecule has 3 atom stereocenters. The van der Waals surface area contributed by atoms with Crippen LogP contribution in [0.1, 0.15) is 45.4 Å². The van der Waals surface area contributed by atoms with Gasteiger partial charge in [-0.1, -0.05) is 13.3 Å². The molecule has 0 aromatic rings. The fourth-order valence-electron chi connectivity index (χ4n) is 3.00. The zero-order valence-corrected chi connectivity index (χ0v) is 7.97. The minimum absolute atomic E-state index is 0.808. The molecule has 3 aliphatic rings. The van der Waals surface area contributed by atoms with Crippen LogP contribution < -0.4 is 5.32 Å². The second-order valence-electron chi connectivity index (χ2n) is 5.29. The van der Waals surface area contributed by atoms with Crippen molar-refractivity contribution in [2.45, 2.75) is 57.5 Å². The Kier molecular flexibility index (Phi) is 1.39. The monoisotopic (exact) mass is 165 g/mol. The average Bonchev–Trinajstić information content (AvgIpc) is 2.56. The Hall–Kier alpha value is -0.0400. The first kappa shape index (κ1) is 7.37. The van der Waals surface area contributed by atoms with Crippen LogP contribution >= 0.6 is 0 Å². The van der Waals surface area contributed by atoms with E-state index in [1.807, 2.05) is 0 Å². The predicted octanol–water partition coefficient (Wildman–Crippen LogP) is 2.32. The smallest absolute Gasteiger partial charge is 0.0126 e. The van der Waals surface area contributed by atoms with E-state index in [-0.39, 0.29) is 0 Å². The zero-order chi connectivity index (χ0) is 8.18. The van der Waals surface area contributed by atoms with Gasteiger partial charge in [-0.2, -0.15) is 0 Å². The Labute approximate surface area is 74.9 Å². The molecule has 0 aromatic carbocycles. The molecule has 68 valence electrons. The van der Waals surface area contributed by atoms with E-state index in [0.717, 1.165) is 23.4 Å². The molecule has 0 aromatic heterocycles. The lowest BCUT2D eigenvalue weighted by atomic mass is 9.53. The molecule has 12 heavy (non-hydrogen) atoms. The van der Waals surface area contributed by atoms with Crippen molar-refractivity contribution in [3.05, 3.63) is 0 Å². The number of nitrogens with one attached hydrogen (secondary N) is 1. The topological polar surface area (TPSA) is 12.0 Å². The molecule has 3 aliphatic carbocycles. The highest BCUT2D eigenvalue weighted by Gasteiger charge is 2.52. The zero-order valence-electron chi connectivity index (χ0n) is 7.97. The third-order valence-corrected chi connectivity index (χ3v) is 4.54. The Morgan fingerprint density at radius 1 is 1.25 bits per heavy atom. The molecule has 1 N–H and O–H groups in total. The van der Waals surface area contributed by atoms with E-state index in [2.05, 4.69) is 12.2 Å². The van der Waals surface area contributed by atoms with Crippen molar-refractivity contribution < 1.29 is 0 Å². The molecule has 0 amide bonds. The average molecular weight is 165 g/mol. The Bertz CT molecular complexity index is 190. The SMILES string of the molecule is C[C@@H]1C[C@H]1NC1CCC12CCC2. The number of hydrogen-bond donors (Lipinski definition) is 1. The highest BCUT2D eigenvalue weighted by atomic mass is 15.0. The summed E-state index contributed by atoms with van der Waals surface area (Å²) in [4.78, 5) is 0. The Morgan fingerprint density at radius 3 is 2.33 bits per heavy atom. The molecular weight excluding hydrogens is 146 g/mol. The van der Waals surface area contributed by atoms with Crippen molar-refractivity contribution >= 4 is 0 Å². The van der Waals surface area contributed by atoms with E-state index in [1.54, 1.807) is 0 Å². The van der Waals surface area contributed by atoms with Gasteiger partial charge < -0.3 is 5.32 Å². The van der Waals surface area contributed by atoms with Crippen molar-refractivity contribution in [2.24, 2.45) is 11.3 Å². The second-order valence-corrected chi connectivity index (χ2v) is 5.29. The van der Waals surface area contributed by atoms with Gasteiger partial charge in [0.15, 0.2) is 0 Å². The van der Waals surface area contributed by atoms with E-state index < -0.39 is 0 Å². The van der Waals surface area contributed by atoms with Gasteiger partial charge in [0, 0.05) is 12.1 Å². The summed E-state index contributed by atoms with van der Waals surface area (Å²) in [5, 5.41) is 3.83. The molecule has 3 rings (SSSR count). The summed E-state index contributed by atoms with van der Waals surface area (Å²) in [7, 11) is 0. The van der Waals surface area contributed by atoms with Gasteiger partial charge in [-0.05, 0) is 43.4 Å². The third kappa shape index (κ3) is 0.891. The van der Waals surface area contributed by atoms with E-state index in [4.69, 9.17) is 0 Å². The van der Waals surface area contributed by atoms with Gasteiger partial charge in [0.25, 0.3) is 0 Å². The van der Waals surface area contributed by atoms with Crippen molar-refractivity contribution in [2.75, 3.05) is 0 Å². The van der Waals surface area contributed by atoms with Crippen LogP contribution in [0.3, 0.4) is 0 Å². The summed E-state index contributed by atoms with van der Waals surface area (Å²) in [5.74, 6) is 0.975. The van der Waals surface area contributed by atoms with Crippen LogP contribution in [0.4, 0.5) is 0 Å². The first-order valence-corrected chi connectivity index (χ1v) is 5.56. The van der Waals surface area contributed by atoms with E-state index >= 15 is 0 Å². The van der Waals surface area contributed by atoms with Gasteiger partial charge in [-0.3, -0.25) is 0 Å². The van der Waals surface area contributed by atoms with Crippen LogP contribution in [0.25, 0.3) is 0 Å². The summed E-state index contributed by atoms with van der Waals surface area (Å²) in [6.45, 7) is 2.36. The summed E-state index contributed by atoms with van der Waals surface area (Å²) in [5.41, 5.74) is 0.808. The maximum atomic E-state index is 3.83. The van der Waals surface area contributed by atoms with Crippen molar-refractivity contribution in [3.8, 4) is 0 Å². The van der Waals surface area contributed by atoms with Crippen molar-refractivity contribution in [1.82, 2.24) is 5.32 Å². The minimum atomic E-state index is 0.808. The summed E-state index contributed by atoms with van der Waals surface area (Å²) >= 11 is 0. The molecule has 3 fully saturated rings. The van der Waals surface area contributed by atoms with Crippen LogP contribution in [-0.2, 0) is 0 Å². The number of rotatable bonds is 2. The molecule has 1 spiro atoms. The van der Waals surface area contributed by atoms with Gasteiger partial charge in [-0.15, -0.1) is 0 Å². The molecular formula is C11H19N. The van der Waals surface area contributed by atoms with Gasteiger partial charge >= 0.3 is 0 Å².